The third-order valence-electron chi connectivity index (χ3n) is 3.68. The number of pyridine rings is 1. The van der Waals surface area contributed by atoms with Gasteiger partial charge in [0.15, 0.2) is 0 Å². The van der Waals surface area contributed by atoms with Crippen LogP contribution in [0, 0.1) is 0 Å². The lowest BCUT2D eigenvalue weighted by molar-refractivity contribution is 0.174. The van der Waals surface area contributed by atoms with Gasteiger partial charge in [-0.15, -0.1) is 0 Å². The zero-order valence-electron chi connectivity index (χ0n) is 10.1. The molecule has 1 N–H and O–H groups in total. The third-order valence-corrected chi connectivity index (χ3v) is 3.68. The molecule has 0 radical (unpaired) electrons. The Morgan fingerprint density at radius 2 is 2.31 bits per heavy atom. The van der Waals surface area contributed by atoms with Crippen molar-refractivity contribution in [3.8, 4) is 5.88 Å². The fourth-order valence-electron chi connectivity index (χ4n) is 2.28. The van der Waals surface area contributed by atoms with Crippen LogP contribution in [-0.4, -0.2) is 17.6 Å². The highest BCUT2D eigenvalue weighted by Crippen LogP contribution is 2.35. The summed E-state index contributed by atoms with van der Waals surface area (Å²) in [5.41, 5.74) is 1.52. The standard InChI is InChI=1S/C13H20N2O/c1-3-13(7-5-8-13)15-10-11-6-4-9-14-12(11)16-2/h4,6,9,15H,3,5,7-8,10H2,1-2H3. The molecule has 1 aliphatic rings. The minimum atomic E-state index is 0.376. The third kappa shape index (κ3) is 2.19. The van der Waals surface area contributed by atoms with Gasteiger partial charge in [-0.05, 0) is 31.7 Å². The minimum absolute atomic E-state index is 0.376. The topological polar surface area (TPSA) is 34.2 Å². The van der Waals surface area contributed by atoms with Gasteiger partial charge in [-0.2, -0.15) is 0 Å². The zero-order chi connectivity index (χ0) is 11.4. The summed E-state index contributed by atoms with van der Waals surface area (Å²) in [7, 11) is 1.67. The van der Waals surface area contributed by atoms with Crippen molar-refractivity contribution in [2.75, 3.05) is 7.11 Å². The summed E-state index contributed by atoms with van der Waals surface area (Å²) in [6, 6.07) is 4.03. The summed E-state index contributed by atoms with van der Waals surface area (Å²) in [4.78, 5) is 4.21. The number of rotatable bonds is 5. The average molecular weight is 220 g/mol. The second kappa shape index (κ2) is 4.83. The first-order chi connectivity index (χ1) is 7.79. The maximum absolute atomic E-state index is 5.24. The lowest BCUT2D eigenvalue weighted by Crippen LogP contribution is -2.49. The van der Waals surface area contributed by atoms with Crippen LogP contribution in [0.1, 0.15) is 38.2 Å². The molecule has 0 unspecified atom stereocenters. The lowest BCUT2D eigenvalue weighted by atomic mass is 9.75. The first-order valence-corrected chi connectivity index (χ1v) is 6.02. The van der Waals surface area contributed by atoms with E-state index in [1.165, 1.54) is 25.7 Å². The predicted octanol–water partition coefficient (Wildman–Crippen LogP) is 2.51. The summed E-state index contributed by atoms with van der Waals surface area (Å²) in [5.74, 6) is 0.737. The number of ether oxygens (including phenoxy) is 1. The van der Waals surface area contributed by atoms with Crippen molar-refractivity contribution in [2.24, 2.45) is 0 Å². The highest BCUT2D eigenvalue weighted by atomic mass is 16.5. The Kier molecular flexibility index (Phi) is 3.44. The highest BCUT2D eigenvalue weighted by molar-refractivity contribution is 5.25. The van der Waals surface area contributed by atoms with E-state index in [1.54, 1.807) is 13.3 Å². The fraction of sp³-hybridized carbons (Fsp3) is 0.615. The molecule has 1 fully saturated rings. The van der Waals surface area contributed by atoms with Crippen LogP contribution in [0.4, 0.5) is 0 Å². The molecule has 0 bridgehead atoms. The smallest absolute Gasteiger partial charge is 0.217 e. The van der Waals surface area contributed by atoms with Gasteiger partial charge >= 0.3 is 0 Å². The van der Waals surface area contributed by atoms with Crippen molar-refractivity contribution in [1.82, 2.24) is 10.3 Å². The molecule has 0 atom stereocenters. The summed E-state index contributed by atoms with van der Waals surface area (Å²) >= 11 is 0. The number of hydrogen-bond acceptors (Lipinski definition) is 3. The van der Waals surface area contributed by atoms with Crippen molar-refractivity contribution >= 4 is 0 Å². The van der Waals surface area contributed by atoms with Gasteiger partial charge in [-0.1, -0.05) is 13.0 Å². The molecule has 3 heteroatoms. The first kappa shape index (κ1) is 11.4. The van der Waals surface area contributed by atoms with E-state index in [9.17, 15) is 0 Å². The lowest BCUT2D eigenvalue weighted by Gasteiger charge is -2.42. The molecule has 0 amide bonds. The summed E-state index contributed by atoms with van der Waals surface area (Å²) < 4.78 is 5.24. The maximum atomic E-state index is 5.24. The Hall–Kier alpha value is -1.09. The van der Waals surface area contributed by atoms with Crippen LogP contribution < -0.4 is 10.1 Å². The van der Waals surface area contributed by atoms with Gasteiger partial charge in [0.2, 0.25) is 5.88 Å². The Labute approximate surface area is 97.2 Å². The molecule has 1 aromatic heterocycles. The van der Waals surface area contributed by atoms with Crippen LogP contribution in [0.3, 0.4) is 0 Å². The SMILES string of the molecule is CCC1(NCc2cccnc2OC)CCC1. The van der Waals surface area contributed by atoms with E-state index in [0.29, 0.717) is 5.54 Å². The van der Waals surface area contributed by atoms with Crippen molar-refractivity contribution in [3.63, 3.8) is 0 Å². The molecule has 0 saturated heterocycles. The molecule has 0 aliphatic heterocycles. The highest BCUT2D eigenvalue weighted by Gasteiger charge is 2.34. The molecule has 2 rings (SSSR count). The predicted molar refractivity (Wildman–Crippen MR) is 64.5 cm³/mol. The van der Waals surface area contributed by atoms with Crippen molar-refractivity contribution in [3.05, 3.63) is 23.9 Å². The van der Waals surface area contributed by atoms with Crippen molar-refractivity contribution in [1.29, 1.82) is 0 Å². The summed E-state index contributed by atoms with van der Waals surface area (Å²) in [5, 5.41) is 3.65. The molecule has 16 heavy (non-hydrogen) atoms. The number of nitrogens with zero attached hydrogens (tertiary/aromatic N) is 1. The van der Waals surface area contributed by atoms with Crippen LogP contribution >= 0.6 is 0 Å². The van der Waals surface area contributed by atoms with E-state index < -0.39 is 0 Å². The molecule has 1 saturated carbocycles. The number of hydrogen-bond donors (Lipinski definition) is 1. The first-order valence-electron chi connectivity index (χ1n) is 6.02. The Balaban J connectivity index is 1.98. The normalized spacial score (nSPS) is 17.9. The molecule has 88 valence electrons. The van der Waals surface area contributed by atoms with Gasteiger partial charge < -0.3 is 10.1 Å². The Morgan fingerprint density at radius 3 is 2.88 bits per heavy atom. The second-order valence-electron chi connectivity index (χ2n) is 4.51. The quantitative estimate of drug-likeness (QED) is 0.828. The van der Waals surface area contributed by atoms with Crippen LogP contribution in [-0.2, 0) is 6.54 Å². The molecule has 0 spiro atoms. The molecular formula is C13H20N2O. The van der Waals surface area contributed by atoms with Crippen LogP contribution in [0.2, 0.25) is 0 Å². The minimum Gasteiger partial charge on any atom is -0.481 e. The molecule has 3 nitrogen and oxygen atoms in total. The molecule has 1 aliphatic carbocycles. The number of nitrogens with one attached hydrogen (secondary N) is 1. The molecule has 1 aromatic rings. The van der Waals surface area contributed by atoms with E-state index in [4.69, 9.17) is 4.74 Å². The van der Waals surface area contributed by atoms with Crippen molar-refractivity contribution < 1.29 is 4.74 Å². The monoisotopic (exact) mass is 220 g/mol. The maximum Gasteiger partial charge on any atom is 0.217 e. The average Bonchev–Trinajstić information content (AvgIpc) is 2.29. The van der Waals surface area contributed by atoms with E-state index in [1.807, 2.05) is 6.07 Å². The van der Waals surface area contributed by atoms with E-state index in [0.717, 1.165) is 18.0 Å². The van der Waals surface area contributed by atoms with Crippen molar-refractivity contribution in [2.45, 2.75) is 44.7 Å². The number of aromatic nitrogens is 1. The van der Waals surface area contributed by atoms with Gasteiger partial charge in [0.1, 0.15) is 0 Å². The second-order valence-corrected chi connectivity index (χ2v) is 4.51. The van der Waals surface area contributed by atoms with Gasteiger partial charge in [0.05, 0.1) is 7.11 Å². The molecule has 1 heterocycles. The Morgan fingerprint density at radius 1 is 1.50 bits per heavy atom. The Bertz CT molecular complexity index is 342. The fourth-order valence-corrected chi connectivity index (χ4v) is 2.28. The summed E-state index contributed by atoms with van der Waals surface area (Å²) in [6.07, 6.45) is 6.92. The van der Waals surface area contributed by atoms with Crippen LogP contribution in [0.25, 0.3) is 0 Å². The van der Waals surface area contributed by atoms with Gasteiger partial charge in [0, 0.05) is 23.8 Å². The van der Waals surface area contributed by atoms with Gasteiger partial charge in [-0.25, -0.2) is 4.98 Å². The van der Waals surface area contributed by atoms with Crippen LogP contribution in [0.15, 0.2) is 18.3 Å². The van der Waals surface area contributed by atoms with Gasteiger partial charge in [0.25, 0.3) is 0 Å². The number of methoxy groups -OCH3 is 1. The summed E-state index contributed by atoms with van der Waals surface area (Å²) in [6.45, 7) is 3.11. The van der Waals surface area contributed by atoms with E-state index in [2.05, 4.69) is 23.3 Å². The molecule has 0 aromatic carbocycles. The van der Waals surface area contributed by atoms with Crippen LogP contribution in [0.5, 0.6) is 5.88 Å². The van der Waals surface area contributed by atoms with Gasteiger partial charge in [-0.3, -0.25) is 0 Å². The van der Waals surface area contributed by atoms with E-state index >= 15 is 0 Å². The largest absolute Gasteiger partial charge is 0.481 e. The van der Waals surface area contributed by atoms with E-state index in [-0.39, 0.29) is 0 Å². The zero-order valence-corrected chi connectivity index (χ0v) is 10.1. The molecular weight excluding hydrogens is 200 g/mol.